The van der Waals surface area contributed by atoms with Crippen LogP contribution in [0.1, 0.15) is 51.9 Å². The summed E-state index contributed by atoms with van der Waals surface area (Å²) >= 11 is 4.66. The molecule has 0 amide bonds. The third-order valence-electron chi connectivity index (χ3n) is 6.34. The number of sulfonamides is 1. The highest BCUT2D eigenvalue weighted by Crippen LogP contribution is 2.61. The first kappa shape index (κ1) is 16.6. The summed E-state index contributed by atoms with van der Waals surface area (Å²) in [5.41, 5.74) is 0.213. The molecule has 128 valence electrons. The molecule has 3 nitrogen and oxygen atoms in total. The van der Waals surface area contributed by atoms with E-state index in [2.05, 4.69) is 27.6 Å². The van der Waals surface area contributed by atoms with E-state index in [1.165, 1.54) is 49.9 Å². The van der Waals surface area contributed by atoms with Gasteiger partial charge in [0.15, 0.2) is 0 Å². The second-order valence-electron chi connectivity index (χ2n) is 7.92. The van der Waals surface area contributed by atoms with Crippen molar-refractivity contribution in [2.24, 2.45) is 23.2 Å². The van der Waals surface area contributed by atoms with Crippen molar-refractivity contribution in [1.29, 1.82) is 0 Å². The van der Waals surface area contributed by atoms with Gasteiger partial charge in [-0.1, -0.05) is 6.92 Å². The molecule has 0 aromatic carbocycles. The summed E-state index contributed by atoms with van der Waals surface area (Å²) in [7, 11) is -3.41. The lowest BCUT2D eigenvalue weighted by Crippen LogP contribution is -2.56. The van der Waals surface area contributed by atoms with Gasteiger partial charge in [0.05, 0.1) is 3.79 Å². The van der Waals surface area contributed by atoms with E-state index in [1.807, 2.05) is 6.07 Å². The minimum absolute atomic E-state index is 0.0850. The van der Waals surface area contributed by atoms with Crippen LogP contribution in [-0.4, -0.2) is 14.5 Å². The van der Waals surface area contributed by atoms with Gasteiger partial charge in [-0.3, -0.25) is 0 Å². The summed E-state index contributed by atoms with van der Waals surface area (Å²) in [6.45, 7) is 2.14. The molecular formula is C17H24BrNO2S2. The smallest absolute Gasteiger partial charge is 0.207 e. The number of halogens is 1. The van der Waals surface area contributed by atoms with Crippen molar-refractivity contribution in [3.05, 3.63) is 15.9 Å². The van der Waals surface area contributed by atoms with Crippen LogP contribution < -0.4 is 4.72 Å². The Balaban J connectivity index is 1.59. The Kier molecular flexibility index (Phi) is 4.19. The third-order valence-corrected chi connectivity index (χ3v) is 9.93. The minimum atomic E-state index is -3.41. The number of rotatable bonds is 5. The van der Waals surface area contributed by atoms with E-state index in [9.17, 15) is 8.42 Å². The van der Waals surface area contributed by atoms with Crippen LogP contribution in [0.5, 0.6) is 0 Å². The van der Waals surface area contributed by atoms with E-state index >= 15 is 0 Å². The molecule has 6 heteroatoms. The third kappa shape index (κ3) is 2.94. The molecule has 1 N–H and O–H groups in total. The highest BCUT2D eigenvalue weighted by atomic mass is 79.9. The summed E-state index contributed by atoms with van der Waals surface area (Å²) < 4.78 is 29.9. The highest BCUT2D eigenvalue weighted by molar-refractivity contribution is 9.11. The maximum absolute atomic E-state index is 12.8. The number of thiophene rings is 1. The van der Waals surface area contributed by atoms with Gasteiger partial charge in [-0.05, 0) is 96.2 Å². The van der Waals surface area contributed by atoms with E-state index in [0.29, 0.717) is 4.21 Å². The molecule has 4 aliphatic carbocycles. The van der Waals surface area contributed by atoms with Crippen LogP contribution in [-0.2, 0) is 10.0 Å². The Hall–Kier alpha value is 0.0900. The Morgan fingerprint density at radius 2 is 1.78 bits per heavy atom. The first-order valence-corrected chi connectivity index (χ1v) is 11.8. The molecule has 23 heavy (non-hydrogen) atoms. The highest BCUT2D eigenvalue weighted by Gasteiger charge is 2.54. The average molecular weight is 418 g/mol. The van der Waals surface area contributed by atoms with Gasteiger partial charge >= 0.3 is 0 Å². The molecule has 4 fully saturated rings. The number of hydrogen-bond acceptors (Lipinski definition) is 3. The zero-order valence-corrected chi connectivity index (χ0v) is 16.6. The van der Waals surface area contributed by atoms with Crippen molar-refractivity contribution in [1.82, 2.24) is 4.72 Å². The first-order valence-electron chi connectivity index (χ1n) is 8.68. The van der Waals surface area contributed by atoms with Crippen LogP contribution in [0.25, 0.3) is 0 Å². The zero-order valence-electron chi connectivity index (χ0n) is 13.4. The van der Waals surface area contributed by atoms with Gasteiger partial charge in [-0.25, -0.2) is 13.1 Å². The second kappa shape index (κ2) is 5.82. The molecule has 1 aromatic heterocycles. The Morgan fingerprint density at radius 1 is 1.22 bits per heavy atom. The molecule has 5 rings (SSSR count). The van der Waals surface area contributed by atoms with Crippen molar-refractivity contribution in [2.75, 3.05) is 0 Å². The van der Waals surface area contributed by atoms with E-state index < -0.39 is 10.0 Å². The molecule has 0 radical (unpaired) electrons. The van der Waals surface area contributed by atoms with Crippen LogP contribution in [0.15, 0.2) is 20.1 Å². The van der Waals surface area contributed by atoms with Gasteiger partial charge in [0.1, 0.15) is 4.21 Å². The summed E-state index contributed by atoms with van der Waals surface area (Å²) in [5, 5.41) is 0. The first-order chi connectivity index (χ1) is 10.9. The summed E-state index contributed by atoms with van der Waals surface area (Å²) in [5.74, 6) is 2.53. The zero-order chi connectivity index (χ0) is 16.2. The van der Waals surface area contributed by atoms with Gasteiger partial charge in [0, 0.05) is 6.04 Å². The van der Waals surface area contributed by atoms with Crippen LogP contribution in [0.3, 0.4) is 0 Å². The molecular weight excluding hydrogens is 394 g/mol. The van der Waals surface area contributed by atoms with E-state index in [4.69, 9.17) is 0 Å². The fourth-order valence-electron chi connectivity index (χ4n) is 5.93. The molecule has 0 aliphatic heterocycles. The molecule has 4 saturated carbocycles. The second-order valence-corrected chi connectivity index (χ2v) is 12.3. The Bertz CT molecular complexity index is 662. The van der Waals surface area contributed by atoms with Crippen LogP contribution in [0, 0.1) is 23.2 Å². The van der Waals surface area contributed by atoms with Crippen molar-refractivity contribution in [3.8, 4) is 0 Å². The lowest BCUT2D eigenvalue weighted by Gasteiger charge is -2.59. The van der Waals surface area contributed by atoms with E-state index in [1.54, 1.807) is 6.07 Å². The maximum Gasteiger partial charge on any atom is 0.250 e. The molecule has 4 aliphatic rings. The van der Waals surface area contributed by atoms with Crippen molar-refractivity contribution in [3.63, 3.8) is 0 Å². The quantitative estimate of drug-likeness (QED) is 0.748. The monoisotopic (exact) mass is 417 g/mol. The minimum Gasteiger partial charge on any atom is -0.207 e. The fourth-order valence-corrected chi connectivity index (χ4v) is 9.38. The van der Waals surface area contributed by atoms with E-state index in [-0.39, 0.29) is 11.5 Å². The Labute approximate surface area is 151 Å². The molecule has 0 spiro atoms. The van der Waals surface area contributed by atoms with Crippen LogP contribution in [0.2, 0.25) is 0 Å². The Morgan fingerprint density at radius 3 is 2.22 bits per heavy atom. The van der Waals surface area contributed by atoms with Crippen LogP contribution >= 0.6 is 27.3 Å². The molecule has 0 saturated heterocycles. The number of hydrogen-bond donors (Lipinski definition) is 1. The topological polar surface area (TPSA) is 46.2 Å². The normalized spacial score (nSPS) is 37.2. The summed E-state index contributed by atoms with van der Waals surface area (Å²) in [6, 6.07) is 3.59. The standard InChI is InChI=1S/C17H24BrNO2S2/c1-2-14(19-23(20,21)16-4-3-15(18)22-16)17-8-11-5-12(9-17)7-13(6-11)10-17/h3-4,11-14,19H,2,5-10H2,1H3. The van der Waals surface area contributed by atoms with Crippen molar-refractivity contribution >= 4 is 37.3 Å². The summed E-state index contributed by atoms with van der Waals surface area (Å²) in [6.07, 6.45) is 8.75. The van der Waals surface area contributed by atoms with Crippen molar-refractivity contribution in [2.45, 2.75) is 62.1 Å². The molecule has 1 atom stereocenters. The molecule has 1 unspecified atom stereocenters. The van der Waals surface area contributed by atoms with Gasteiger partial charge < -0.3 is 0 Å². The largest absolute Gasteiger partial charge is 0.250 e. The molecule has 1 aromatic rings. The molecule has 4 bridgehead atoms. The fraction of sp³-hybridized carbons (Fsp3) is 0.765. The lowest BCUT2D eigenvalue weighted by atomic mass is 9.47. The SMILES string of the molecule is CCC(NS(=O)(=O)c1ccc(Br)s1)C12CC3CC(CC(C3)C1)C2. The predicted octanol–water partition coefficient (Wildman–Crippen LogP) is 4.78. The summed E-state index contributed by atoms with van der Waals surface area (Å²) in [4.78, 5) is 0. The average Bonchev–Trinajstić information content (AvgIpc) is 2.91. The number of nitrogens with one attached hydrogen (secondary N) is 1. The van der Waals surface area contributed by atoms with Gasteiger partial charge in [0.2, 0.25) is 10.0 Å². The van der Waals surface area contributed by atoms with E-state index in [0.717, 1.165) is 28.0 Å². The van der Waals surface area contributed by atoms with Gasteiger partial charge in [0.25, 0.3) is 0 Å². The maximum atomic E-state index is 12.8. The van der Waals surface area contributed by atoms with Gasteiger partial charge in [-0.15, -0.1) is 11.3 Å². The van der Waals surface area contributed by atoms with Gasteiger partial charge in [-0.2, -0.15) is 0 Å². The lowest BCUT2D eigenvalue weighted by molar-refractivity contribution is -0.0704. The predicted molar refractivity (Wildman–Crippen MR) is 97.0 cm³/mol. The molecule has 1 heterocycles. The van der Waals surface area contributed by atoms with Crippen LogP contribution in [0.4, 0.5) is 0 Å². The van der Waals surface area contributed by atoms with Crippen molar-refractivity contribution < 1.29 is 8.42 Å².